The number of hydrogen-bond acceptors (Lipinski definition) is 5. The first-order valence-corrected chi connectivity index (χ1v) is 5.38. The summed E-state index contributed by atoms with van der Waals surface area (Å²) in [6, 6.07) is 1.74. The Morgan fingerprint density at radius 1 is 1.62 bits per heavy atom. The molecule has 0 unspecified atom stereocenters. The van der Waals surface area contributed by atoms with E-state index < -0.39 is 0 Å². The highest BCUT2D eigenvalue weighted by atomic mass is 32.2. The first-order chi connectivity index (χ1) is 6.36. The van der Waals surface area contributed by atoms with Crippen molar-refractivity contribution in [1.82, 2.24) is 9.97 Å². The fourth-order valence-corrected chi connectivity index (χ4v) is 1.61. The molecule has 4 nitrogen and oxygen atoms in total. The number of hydrogen-bond donors (Lipinski definition) is 2. The molecule has 1 rings (SSSR count). The minimum absolute atomic E-state index is 0.669. The molecule has 0 saturated carbocycles. The Labute approximate surface area is 82.3 Å². The normalized spacial score (nSPS) is 10.0. The van der Waals surface area contributed by atoms with Crippen LogP contribution in [0.15, 0.2) is 12.3 Å². The summed E-state index contributed by atoms with van der Waals surface area (Å²) in [5.41, 5.74) is 2.50. The SMILES string of the molecule is CCCSCc1nccc(NN)n1. The minimum atomic E-state index is 0.669. The highest BCUT2D eigenvalue weighted by molar-refractivity contribution is 7.98. The number of aromatic nitrogens is 2. The van der Waals surface area contributed by atoms with E-state index in [4.69, 9.17) is 5.84 Å². The molecule has 72 valence electrons. The van der Waals surface area contributed by atoms with E-state index in [1.54, 1.807) is 12.3 Å². The van der Waals surface area contributed by atoms with Crippen LogP contribution in [0.1, 0.15) is 19.2 Å². The number of rotatable bonds is 5. The van der Waals surface area contributed by atoms with Gasteiger partial charge in [0.15, 0.2) is 0 Å². The lowest BCUT2D eigenvalue weighted by Crippen LogP contribution is -2.09. The third kappa shape index (κ3) is 3.61. The fraction of sp³-hybridized carbons (Fsp3) is 0.500. The Hall–Kier alpha value is -0.810. The van der Waals surface area contributed by atoms with Crippen molar-refractivity contribution in [3.05, 3.63) is 18.1 Å². The molecule has 0 radical (unpaired) electrons. The number of nitrogens with zero attached hydrogens (tertiary/aromatic N) is 2. The molecule has 1 aromatic rings. The highest BCUT2D eigenvalue weighted by Gasteiger charge is 1.97. The molecule has 0 fully saturated rings. The summed E-state index contributed by atoms with van der Waals surface area (Å²) in [7, 11) is 0. The predicted octanol–water partition coefficient (Wildman–Crippen LogP) is 1.41. The van der Waals surface area contributed by atoms with Crippen LogP contribution in [-0.2, 0) is 5.75 Å². The van der Waals surface area contributed by atoms with Gasteiger partial charge < -0.3 is 5.43 Å². The maximum absolute atomic E-state index is 5.23. The molecule has 0 spiro atoms. The first-order valence-electron chi connectivity index (χ1n) is 4.23. The summed E-state index contributed by atoms with van der Waals surface area (Å²) in [5, 5.41) is 0. The lowest BCUT2D eigenvalue weighted by molar-refractivity contribution is 1.02. The van der Waals surface area contributed by atoms with Gasteiger partial charge in [0.1, 0.15) is 11.6 Å². The van der Waals surface area contributed by atoms with Crippen LogP contribution in [-0.4, -0.2) is 15.7 Å². The molecule has 0 aliphatic carbocycles. The van der Waals surface area contributed by atoms with Crippen molar-refractivity contribution in [3.8, 4) is 0 Å². The molecule has 1 heterocycles. The van der Waals surface area contributed by atoms with Gasteiger partial charge in [-0.2, -0.15) is 11.8 Å². The Kier molecular flexibility index (Phi) is 4.56. The van der Waals surface area contributed by atoms with Crippen molar-refractivity contribution >= 4 is 17.6 Å². The Morgan fingerprint density at radius 2 is 2.46 bits per heavy atom. The number of hydrazine groups is 1. The van der Waals surface area contributed by atoms with Gasteiger partial charge in [-0.15, -0.1) is 0 Å². The van der Waals surface area contributed by atoms with E-state index in [2.05, 4.69) is 22.3 Å². The molecule has 5 heteroatoms. The van der Waals surface area contributed by atoms with Crippen molar-refractivity contribution in [2.45, 2.75) is 19.1 Å². The number of nitrogens with two attached hydrogens (primary N) is 1. The van der Waals surface area contributed by atoms with Crippen LogP contribution in [0.5, 0.6) is 0 Å². The zero-order valence-corrected chi connectivity index (χ0v) is 8.47. The van der Waals surface area contributed by atoms with Gasteiger partial charge in [0.05, 0.1) is 5.75 Å². The van der Waals surface area contributed by atoms with Crippen molar-refractivity contribution < 1.29 is 0 Å². The van der Waals surface area contributed by atoms with E-state index in [9.17, 15) is 0 Å². The van der Waals surface area contributed by atoms with E-state index in [0.29, 0.717) is 5.82 Å². The number of thioether (sulfide) groups is 1. The highest BCUT2D eigenvalue weighted by Crippen LogP contribution is 2.10. The summed E-state index contributed by atoms with van der Waals surface area (Å²) in [6.45, 7) is 2.16. The monoisotopic (exact) mass is 198 g/mol. The van der Waals surface area contributed by atoms with Crippen LogP contribution in [0, 0.1) is 0 Å². The topological polar surface area (TPSA) is 63.8 Å². The number of nitrogens with one attached hydrogen (secondary N) is 1. The summed E-state index contributed by atoms with van der Waals surface area (Å²) < 4.78 is 0. The van der Waals surface area contributed by atoms with Crippen molar-refractivity contribution in [2.24, 2.45) is 5.84 Å². The van der Waals surface area contributed by atoms with Gasteiger partial charge in [-0.3, -0.25) is 0 Å². The molecule has 3 N–H and O–H groups in total. The van der Waals surface area contributed by atoms with Crippen LogP contribution >= 0.6 is 11.8 Å². The molecular weight excluding hydrogens is 184 g/mol. The molecule has 0 bridgehead atoms. The van der Waals surface area contributed by atoms with Gasteiger partial charge in [-0.05, 0) is 12.2 Å². The lowest BCUT2D eigenvalue weighted by Gasteiger charge is -2.01. The van der Waals surface area contributed by atoms with Crippen molar-refractivity contribution in [1.29, 1.82) is 0 Å². The largest absolute Gasteiger partial charge is 0.308 e. The van der Waals surface area contributed by atoms with Gasteiger partial charge in [-0.25, -0.2) is 15.8 Å². The molecule has 0 amide bonds. The van der Waals surface area contributed by atoms with Crippen molar-refractivity contribution in [2.75, 3.05) is 11.2 Å². The van der Waals surface area contributed by atoms with E-state index >= 15 is 0 Å². The second-order valence-electron chi connectivity index (χ2n) is 2.56. The Bertz CT molecular complexity index is 254. The summed E-state index contributed by atoms with van der Waals surface area (Å²) in [4.78, 5) is 8.33. The molecule has 13 heavy (non-hydrogen) atoms. The summed E-state index contributed by atoms with van der Waals surface area (Å²) in [5.74, 6) is 8.72. The molecule has 0 aliphatic heterocycles. The van der Waals surface area contributed by atoms with Crippen molar-refractivity contribution in [3.63, 3.8) is 0 Å². The predicted molar refractivity (Wildman–Crippen MR) is 56.3 cm³/mol. The molecule has 0 atom stereocenters. The van der Waals surface area contributed by atoms with Gasteiger partial charge >= 0.3 is 0 Å². The molecule has 1 aromatic heterocycles. The lowest BCUT2D eigenvalue weighted by atomic mass is 10.5. The third-order valence-electron chi connectivity index (χ3n) is 1.43. The number of nitrogen functional groups attached to an aromatic ring is 1. The Morgan fingerprint density at radius 3 is 3.15 bits per heavy atom. The Balaban J connectivity index is 2.46. The van der Waals surface area contributed by atoms with Crippen LogP contribution in [0.4, 0.5) is 5.82 Å². The summed E-state index contributed by atoms with van der Waals surface area (Å²) in [6.07, 6.45) is 2.89. The first kappa shape index (κ1) is 10.3. The van der Waals surface area contributed by atoms with Crippen LogP contribution in [0.3, 0.4) is 0 Å². The van der Waals surface area contributed by atoms with Gasteiger partial charge in [-0.1, -0.05) is 6.92 Å². The zero-order valence-electron chi connectivity index (χ0n) is 7.66. The van der Waals surface area contributed by atoms with E-state index in [0.717, 1.165) is 17.3 Å². The average Bonchev–Trinajstić information content (AvgIpc) is 2.19. The zero-order chi connectivity index (χ0) is 9.52. The van der Waals surface area contributed by atoms with E-state index in [1.807, 2.05) is 11.8 Å². The van der Waals surface area contributed by atoms with Crippen LogP contribution in [0.2, 0.25) is 0 Å². The average molecular weight is 198 g/mol. The molecule has 0 saturated heterocycles. The van der Waals surface area contributed by atoms with Gasteiger partial charge in [0, 0.05) is 12.3 Å². The van der Waals surface area contributed by atoms with E-state index in [-0.39, 0.29) is 0 Å². The maximum atomic E-state index is 5.23. The third-order valence-corrected chi connectivity index (χ3v) is 2.59. The smallest absolute Gasteiger partial charge is 0.143 e. The molecule has 0 aromatic carbocycles. The quantitative estimate of drug-likeness (QED) is 0.425. The second kappa shape index (κ2) is 5.77. The van der Waals surface area contributed by atoms with Crippen LogP contribution in [0.25, 0.3) is 0 Å². The summed E-state index contributed by atoms with van der Waals surface area (Å²) >= 11 is 1.83. The molecular formula is C8H14N4S. The maximum Gasteiger partial charge on any atom is 0.143 e. The second-order valence-corrected chi connectivity index (χ2v) is 3.66. The minimum Gasteiger partial charge on any atom is -0.308 e. The van der Waals surface area contributed by atoms with Gasteiger partial charge in [0.2, 0.25) is 0 Å². The van der Waals surface area contributed by atoms with Gasteiger partial charge in [0.25, 0.3) is 0 Å². The van der Waals surface area contributed by atoms with Crippen LogP contribution < -0.4 is 11.3 Å². The molecule has 0 aliphatic rings. The van der Waals surface area contributed by atoms with E-state index in [1.165, 1.54) is 6.42 Å². The number of anilines is 1. The standard InChI is InChI=1S/C8H14N4S/c1-2-5-13-6-8-10-4-3-7(11-8)12-9/h3-4H,2,5-6,9H2,1H3,(H,10,11,12). The fourth-order valence-electron chi connectivity index (χ4n) is 0.857.